The Hall–Kier alpha value is -0.640. The van der Waals surface area contributed by atoms with Gasteiger partial charge in [-0.3, -0.25) is 0 Å². The van der Waals surface area contributed by atoms with Crippen LogP contribution in [0.25, 0.3) is 0 Å². The monoisotopic (exact) mass is 213 g/mol. The Bertz CT molecular complexity index is 286. The SMILES string of the molecule is CC(C)c1nsc(NCC(C)(C)C)n1. The summed E-state index contributed by atoms with van der Waals surface area (Å²) in [5.41, 5.74) is 0.281. The summed E-state index contributed by atoms with van der Waals surface area (Å²) < 4.78 is 4.28. The van der Waals surface area contributed by atoms with Gasteiger partial charge in [0.25, 0.3) is 0 Å². The highest BCUT2D eigenvalue weighted by Gasteiger charge is 2.12. The first kappa shape index (κ1) is 11.4. The average molecular weight is 213 g/mol. The fourth-order valence-corrected chi connectivity index (χ4v) is 1.58. The predicted octanol–water partition coefficient (Wildman–Crippen LogP) is 3.12. The summed E-state index contributed by atoms with van der Waals surface area (Å²) in [6.07, 6.45) is 0. The van der Waals surface area contributed by atoms with E-state index >= 15 is 0 Å². The smallest absolute Gasteiger partial charge is 0.202 e. The summed E-state index contributed by atoms with van der Waals surface area (Å²) in [6.45, 7) is 11.7. The van der Waals surface area contributed by atoms with Crippen molar-refractivity contribution in [2.45, 2.75) is 40.5 Å². The minimum absolute atomic E-state index is 0.281. The van der Waals surface area contributed by atoms with Crippen molar-refractivity contribution in [2.75, 3.05) is 11.9 Å². The van der Waals surface area contributed by atoms with Crippen LogP contribution >= 0.6 is 11.5 Å². The van der Waals surface area contributed by atoms with Gasteiger partial charge in [-0.05, 0) is 5.41 Å². The van der Waals surface area contributed by atoms with Crippen LogP contribution in [0.1, 0.15) is 46.4 Å². The predicted molar refractivity (Wildman–Crippen MR) is 61.9 cm³/mol. The van der Waals surface area contributed by atoms with E-state index in [4.69, 9.17) is 0 Å². The molecule has 0 fully saturated rings. The number of nitrogens with one attached hydrogen (secondary N) is 1. The molecule has 14 heavy (non-hydrogen) atoms. The Morgan fingerprint density at radius 1 is 1.36 bits per heavy atom. The van der Waals surface area contributed by atoms with Crippen LogP contribution < -0.4 is 5.32 Å². The second-order valence-electron chi connectivity index (χ2n) is 5.03. The average Bonchev–Trinajstić information content (AvgIpc) is 2.47. The quantitative estimate of drug-likeness (QED) is 0.838. The number of hydrogen-bond donors (Lipinski definition) is 1. The lowest BCUT2D eigenvalue weighted by Crippen LogP contribution is -2.18. The summed E-state index contributed by atoms with van der Waals surface area (Å²) in [6, 6.07) is 0. The third-order valence-electron chi connectivity index (χ3n) is 1.73. The van der Waals surface area contributed by atoms with Crippen LogP contribution in [0.15, 0.2) is 0 Å². The van der Waals surface area contributed by atoms with Gasteiger partial charge in [0, 0.05) is 24.0 Å². The second-order valence-corrected chi connectivity index (χ2v) is 5.78. The molecule has 0 aromatic carbocycles. The van der Waals surface area contributed by atoms with Crippen LogP contribution in [0.3, 0.4) is 0 Å². The molecule has 0 bridgehead atoms. The molecule has 1 rings (SSSR count). The number of nitrogens with zero attached hydrogens (tertiary/aromatic N) is 2. The molecule has 0 spiro atoms. The molecule has 0 saturated carbocycles. The van der Waals surface area contributed by atoms with Crippen molar-refractivity contribution in [1.29, 1.82) is 0 Å². The van der Waals surface area contributed by atoms with Crippen molar-refractivity contribution < 1.29 is 0 Å². The van der Waals surface area contributed by atoms with Crippen LogP contribution in [0, 0.1) is 5.41 Å². The van der Waals surface area contributed by atoms with Gasteiger partial charge in [0.15, 0.2) is 0 Å². The van der Waals surface area contributed by atoms with E-state index < -0.39 is 0 Å². The zero-order valence-electron chi connectivity index (χ0n) is 9.59. The van der Waals surface area contributed by atoms with Crippen molar-refractivity contribution >= 4 is 16.7 Å². The van der Waals surface area contributed by atoms with E-state index in [9.17, 15) is 0 Å². The molecule has 0 amide bonds. The Morgan fingerprint density at radius 3 is 2.43 bits per heavy atom. The van der Waals surface area contributed by atoms with E-state index in [0.717, 1.165) is 17.5 Å². The number of rotatable bonds is 3. The lowest BCUT2D eigenvalue weighted by atomic mass is 9.97. The largest absolute Gasteiger partial charge is 0.360 e. The molecule has 0 atom stereocenters. The van der Waals surface area contributed by atoms with E-state index in [0.29, 0.717) is 5.92 Å². The van der Waals surface area contributed by atoms with Gasteiger partial charge in [-0.15, -0.1) is 0 Å². The second kappa shape index (κ2) is 4.26. The molecule has 0 saturated heterocycles. The molecule has 1 N–H and O–H groups in total. The minimum Gasteiger partial charge on any atom is -0.360 e. The van der Waals surface area contributed by atoms with Crippen LogP contribution in [0.5, 0.6) is 0 Å². The van der Waals surface area contributed by atoms with Crippen molar-refractivity contribution in [3.63, 3.8) is 0 Å². The number of anilines is 1. The van der Waals surface area contributed by atoms with Crippen LogP contribution in [0.2, 0.25) is 0 Å². The molecule has 4 heteroatoms. The summed E-state index contributed by atoms with van der Waals surface area (Å²) in [5.74, 6) is 1.35. The summed E-state index contributed by atoms with van der Waals surface area (Å²) in [7, 11) is 0. The van der Waals surface area contributed by atoms with E-state index in [-0.39, 0.29) is 5.41 Å². The normalized spacial score (nSPS) is 12.1. The van der Waals surface area contributed by atoms with Crippen molar-refractivity contribution in [1.82, 2.24) is 9.36 Å². The van der Waals surface area contributed by atoms with Crippen LogP contribution in [-0.2, 0) is 0 Å². The maximum absolute atomic E-state index is 4.41. The molecule has 0 radical (unpaired) electrons. The zero-order valence-corrected chi connectivity index (χ0v) is 10.4. The maximum atomic E-state index is 4.41. The summed E-state index contributed by atoms with van der Waals surface area (Å²) in [4.78, 5) is 4.41. The number of aromatic nitrogens is 2. The van der Waals surface area contributed by atoms with Gasteiger partial charge in [-0.2, -0.15) is 4.37 Å². The molecule has 1 heterocycles. The minimum atomic E-state index is 0.281. The first-order valence-electron chi connectivity index (χ1n) is 4.96. The van der Waals surface area contributed by atoms with Gasteiger partial charge < -0.3 is 5.32 Å². The van der Waals surface area contributed by atoms with Gasteiger partial charge in [0.05, 0.1) is 0 Å². The standard InChI is InChI=1S/C10H19N3S/c1-7(2)8-12-9(14-13-8)11-6-10(3,4)5/h7H,6H2,1-5H3,(H,11,12,13). The van der Waals surface area contributed by atoms with Crippen molar-refractivity contribution in [2.24, 2.45) is 5.41 Å². The highest BCUT2D eigenvalue weighted by molar-refractivity contribution is 7.09. The Labute approximate surface area is 90.1 Å². The highest BCUT2D eigenvalue weighted by atomic mass is 32.1. The summed E-state index contributed by atoms with van der Waals surface area (Å²) in [5, 5.41) is 4.24. The topological polar surface area (TPSA) is 37.8 Å². The molecule has 0 aliphatic rings. The molecular weight excluding hydrogens is 194 g/mol. The van der Waals surface area contributed by atoms with Crippen molar-refractivity contribution in [3.05, 3.63) is 5.82 Å². The van der Waals surface area contributed by atoms with Crippen LogP contribution in [-0.4, -0.2) is 15.9 Å². The van der Waals surface area contributed by atoms with Gasteiger partial charge >= 0.3 is 0 Å². The Morgan fingerprint density at radius 2 is 2.00 bits per heavy atom. The van der Waals surface area contributed by atoms with Gasteiger partial charge in [-0.25, -0.2) is 4.98 Å². The molecule has 0 aliphatic heterocycles. The van der Waals surface area contributed by atoms with Crippen LogP contribution in [0.4, 0.5) is 5.13 Å². The molecule has 1 aromatic rings. The third-order valence-corrected chi connectivity index (χ3v) is 2.41. The van der Waals surface area contributed by atoms with Gasteiger partial charge in [0.2, 0.25) is 5.13 Å². The number of hydrogen-bond acceptors (Lipinski definition) is 4. The first-order chi connectivity index (χ1) is 6.38. The summed E-state index contributed by atoms with van der Waals surface area (Å²) >= 11 is 1.45. The third kappa shape index (κ3) is 3.62. The highest BCUT2D eigenvalue weighted by Crippen LogP contribution is 2.19. The van der Waals surface area contributed by atoms with E-state index in [1.165, 1.54) is 11.5 Å². The molecule has 1 aromatic heterocycles. The Kier molecular flexibility index (Phi) is 3.48. The molecule has 3 nitrogen and oxygen atoms in total. The zero-order chi connectivity index (χ0) is 10.8. The molecule has 80 valence electrons. The van der Waals surface area contributed by atoms with E-state index in [1.54, 1.807) is 0 Å². The lowest BCUT2D eigenvalue weighted by molar-refractivity contribution is 0.443. The van der Waals surface area contributed by atoms with E-state index in [2.05, 4.69) is 49.3 Å². The van der Waals surface area contributed by atoms with Gasteiger partial charge in [-0.1, -0.05) is 34.6 Å². The first-order valence-corrected chi connectivity index (χ1v) is 5.73. The van der Waals surface area contributed by atoms with Crippen molar-refractivity contribution in [3.8, 4) is 0 Å². The molecule has 0 unspecified atom stereocenters. The maximum Gasteiger partial charge on any atom is 0.202 e. The van der Waals surface area contributed by atoms with E-state index in [1.807, 2.05) is 0 Å². The molecule has 0 aliphatic carbocycles. The lowest BCUT2D eigenvalue weighted by Gasteiger charge is -2.17. The molecular formula is C10H19N3S. The fourth-order valence-electron chi connectivity index (χ4n) is 0.882. The Balaban J connectivity index is 2.52. The van der Waals surface area contributed by atoms with Gasteiger partial charge in [0.1, 0.15) is 5.82 Å². The fraction of sp³-hybridized carbons (Fsp3) is 0.800.